The molecule has 0 fully saturated rings. The number of carbonyl (C=O) groups excluding carboxylic acids is 2. The summed E-state index contributed by atoms with van der Waals surface area (Å²) in [6, 6.07) is 9.67. The van der Waals surface area contributed by atoms with Gasteiger partial charge >= 0.3 is 5.97 Å². The smallest absolute Gasteiger partial charge is 0.337 e. The summed E-state index contributed by atoms with van der Waals surface area (Å²) in [6.07, 6.45) is 0. The average molecular weight is 379 g/mol. The summed E-state index contributed by atoms with van der Waals surface area (Å²) in [5, 5.41) is 6.02. The monoisotopic (exact) mass is 378 g/mol. The first-order valence-corrected chi connectivity index (χ1v) is 8.00. The summed E-state index contributed by atoms with van der Waals surface area (Å²) in [5.41, 5.74) is 1.35. The van der Waals surface area contributed by atoms with Crippen LogP contribution >= 0.6 is 11.6 Å². The van der Waals surface area contributed by atoms with E-state index in [4.69, 9.17) is 21.1 Å². The van der Waals surface area contributed by atoms with E-state index in [-0.39, 0.29) is 12.5 Å². The molecule has 0 aromatic heterocycles. The molecular formula is C18H19ClN2O5. The quantitative estimate of drug-likeness (QED) is 0.719. The van der Waals surface area contributed by atoms with Crippen molar-refractivity contribution < 1.29 is 23.8 Å². The van der Waals surface area contributed by atoms with E-state index in [1.165, 1.54) is 27.4 Å². The van der Waals surface area contributed by atoms with E-state index in [0.717, 1.165) is 0 Å². The molecule has 0 radical (unpaired) electrons. The van der Waals surface area contributed by atoms with Gasteiger partial charge in [-0.15, -0.1) is 0 Å². The summed E-state index contributed by atoms with van der Waals surface area (Å²) in [7, 11) is 4.34. The Kier molecular flexibility index (Phi) is 6.68. The number of amides is 1. The number of methoxy groups -OCH3 is 3. The highest BCUT2D eigenvalue weighted by molar-refractivity contribution is 6.33. The molecule has 0 unspecified atom stereocenters. The lowest BCUT2D eigenvalue weighted by Gasteiger charge is -2.12. The Balaban J connectivity index is 2.02. The number of rotatable bonds is 7. The molecule has 2 rings (SSSR count). The molecule has 0 aliphatic heterocycles. The fourth-order valence-electron chi connectivity index (χ4n) is 2.20. The van der Waals surface area contributed by atoms with Crippen LogP contribution in [0.5, 0.6) is 11.5 Å². The molecule has 8 heteroatoms. The molecule has 0 heterocycles. The Morgan fingerprint density at radius 2 is 1.73 bits per heavy atom. The Hall–Kier alpha value is -2.93. The minimum Gasteiger partial charge on any atom is -0.493 e. The Labute approximate surface area is 156 Å². The van der Waals surface area contributed by atoms with Crippen molar-refractivity contribution in [3.63, 3.8) is 0 Å². The first-order valence-electron chi connectivity index (χ1n) is 7.62. The zero-order chi connectivity index (χ0) is 19.1. The van der Waals surface area contributed by atoms with E-state index in [1.807, 2.05) is 0 Å². The zero-order valence-electron chi connectivity index (χ0n) is 14.6. The van der Waals surface area contributed by atoms with Crippen LogP contribution in [-0.2, 0) is 9.53 Å². The van der Waals surface area contributed by atoms with Crippen molar-refractivity contribution in [1.82, 2.24) is 0 Å². The Morgan fingerprint density at radius 3 is 2.38 bits per heavy atom. The first kappa shape index (κ1) is 19.4. The summed E-state index contributed by atoms with van der Waals surface area (Å²) in [5.74, 6) is 0.290. The number of hydrogen-bond acceptors (Lipinski definition) is 6. The summed E-state index contributed by atoms with van der Waals surface area (Å²) >= 11 is 6.08. The molecule has 2 aromatic rings. The van der Waals surface area contributed by atoms with E-state index >= 15 is 0 Å². The lowest BCUT2D eigenvalue weighted by Crippen LogP contribution is -2.22. The van der Waals surface area contributed by atoms with Crippen LogP contribution in [0.25, 0.3) is 0 Å². The van der Waals surface area contributed by atoms with E-state index in [1.54, 1.807) is 30.3 Å². The second-order valence-corrected chi connectivity index (χ2v) is 5.56. The van der Waals surface area contributed by atoms with Gasteiger partial charge in [0.2, 0.25) is 5.91 Å². The van der Waals surface area contributed by atoms with Crippen LogP contribution < -0.4 is 20.1 Å². The van der Waals surface area contributed by atoms with Crippen LogP contribution in [0.3, 0.4) is 0 Å². The molecule has 0 saturated carbocycles. The first-order chi connectivity index (χ1) is 12.5. The maximum atomic E-state index is 12.1. The highest BCUT2D eigenvalue weighted by atomic mass is 35.5. The molecule has 2 aromatic carbocycles. The van der Waals surface area contributed by atoms with Gasteiger partial charge in [0, 0.05) is 11.8 Å². The number of esters is 1. The van der Waals surface area contributed by atoms with Crippen molar-refractivity contribution in [3.8, 4) is 11.5 Å². The van der Waals surface area contributed by atoms with Gasteiger partial charge in [0.05, 0.1) is 44.1 Å². The molecule has 26 heavy (non-hydrogen) atoms. The van der Waals surface area contributed by atoms with Gasteiger partial charge in [0.25, 0.3) is 0 Å². The van der Waals surface area contributed by atoms with Crippen LogP contribution in [0.15, 0.2) is 36.4 Å². The number of anilines is 2. The van der Waals surface area contributed by atoms with E-state index in [2.05, 4.69) is 15.4 Å². The SMILES string of the molecule is COC(=O)c1ccc(Cl)c(NCC(=O)Nc2ccc(OC)c(OC)c2)c1. The molecule has 138 valence electrons. The summed E-state index contributed by atoms with van der Waals surface area (Å²) in [4.78, 5) is 23.7. The molecule has 0 atom stereocenters. The van der Waals surface area contributed by atoms with Crippen molar-refractivity contribution >= 4 is 34.9 Å². The van der Waals surface area contributed by atoms with Crippen LogP contribution in [0.1, 0.15) is 10.4 Å². The van der Waals surface area contributed by atoms with Crippen molar-refractivity contribution in [2.75, 3.05) is 38.5 Å². The largest absolute Gasteiger partial charge is 0.493 e. The minimum atomic E-state index is -0.487. The molecule has 0 spiro atoms. The van der Waals surface area contributed by atoms with Gasteiger partial charge in [-0.1, -0.05) is 11.6 Å². The van der Waals surface area contributed by atoms with Crippen LogP contribution in [0.4, 0.5) is 11.4 Å². The predicted octanol–water partition coefficient (Wildman–Crippen LogP) is 3.19. The number of halogens is 1. The highest BCUT2D eigenvalue weighted by Gasteiger charge is 2.11. The fourth-order valence-corrected chi connectivity index (χ4v) is 2.38. The second-order valence-electron chi connectivity index (χ2n) is 5.16. The molecule has 0 aliphatic carbocycles. The van der Waals surface area contributed by atoms with Crippen LogP contribution in [-0.4, -0.2) is 39.8 Å². The molecular weight excluding hydrogens is 360 g/mol. The topological polar surface area (TPSA) is 85.9 Å². The molecule has 0 aliphatic rings. The number of nitrogens with one attached hydrogen (secondary N) is 2. The second kappa shape index (κ2) is 8.96. The van der Waals surface area contributed by atoms with Gasteiger partial charge in [-0.05, 0) is 30.3 Å². The normalized spacial score (nSPS) is 10.0. The van der Waals surface area contributed by atoms with Crippen molar-refractivity contribution in [2.24, 2.45) is 0 Å². The van der Waals surface area contributed by atoms with Crippen molar-refractivity contribution in [3.05, 3.63) is 47.0 Å². The van der Waals surface area contributed by atoms with E-state index in [9.17, 15) is 9.59 Å². The van der Waals surface area contributed by atoms with Crippen LogP contribution in [0, 0.1) is 0 Å². The minimum absolute atomic E-state index is 0.0430. The third kappa shape index (κ3) is 4.80. The average Bonchev–Trinajstić information content (AvgIpc) is 2.66. The van der Waals surface area contributed by atoms with Crippen LogP contribution in [0.2, 0.25) is 5.02 Å². The van der Waals surface area contributed by atoms with Gasteiger partial charge < -0.3 is 24.8 Å². The Morgan fingerprint density at radius 1 is 1.00 bits per heavy atom. The summed E-state index contributed by atoms with van der Waals surface area (Å²) in [6.45, 7) is -0.0430. The van der Waals surface area contributed by atoms with E-state index in [0.29, 0.717) is 33.5 Å². The third-order valence-electron chi connectivity index (χ3n) is 3.49. The van der Waals surface area contributed by atoms with Gasteiger partial charge in [-0.2, -0.15) is 0 Å². The lowest BCUT2D eigenvalue weighted by molar-refractivity contribution is -0.114. The molecule has 2 N–H and O–H groups in total. The standard InChI is InChI=1S/C18H19ClN2O5/c1-24-15-7-5-12(9-16(15)25-2)21-17(22)10-20-14-8-11(18(23)26-3)4-6-13(14)19/h4-9,20H,10H2,1-3H3,(H,21,22). The number of ether oxygens (including phenoxy) is 3. The van der Waals surface area contributed by atoms with Crippen molar-refractivity contribution in [1.29, 1.82) is 0 Å². The molecule has 0 saturated heterocycles. The van der Waals surface area contributed by atoms with Gasteiger partial charge in [-0.25, -0.2) is 4.79 Å². The van der Waals surface area contributed by atoms with Gasteiger partial charge in [0.15, 0.2) is 11.5 Å². The summed E-state index contributed by atoms with van der Waals surface area (Å²) < 4.78 is 15.0. The maximum Gasteiger partial charge on any atom is 0.337 e. The number of benzene rings is 2. The third-order valence-corrected chi connectivity index (χ3v) is 3.82. The predicted molar refractivity (Wildman–Crippen MR) is 99.5 cm³/mol. The lowest BCUT2D eigenvalue weighted by atomic mass is 10.2. The number of carbonyl (C=O) groups is 2. The zero-order valence-corrected chi connectivity index (χ0v) is 15.3. The maximum absolute atomic E-state index is 12.1. The highest BCUT2D eigenvalue weighted by Crippen LogP contribution is 2.29. The number of hydrogen-bond donors (Lipinski definition) is 2. The van der Waals surface area contributed by atoms with Gasteiger partial charge in [-0.3, -0.25) is 4.79 Å². The Bertz CT molecular complexity index is 810. The fraction of sp³-hybridized carbons (Fsp3) is 0.222. The molecule has 1 amide bonds. The molecule has 0 bridgehead atoms. The van der Waals surface area contributed by atoms with Gasteiger partial charge in [0.1, 0.15) is 0 Å². The molecule has 7 nitrogen and oxygen atoms in total. The van der Waals surface area contributed by atoms with Crippen molar-refractivity contribution in [2.45, 2.75) is 0 Å². The van der Waals surface area contributed by atoms with E-state index < -0.39 is 5.97 Å².